The maximum atomic E-state index is 11.7. The van der Waals surface area contributed by atoms with Crippen molar-refractivity contribution in [1.29, 1.82) is 0 Å². The highest BCUT2D eigenvalue weighted by atomic mass is 16.4. The van der Waals surface area contributed by atoms with Gasteiger partial charge in [-0.3, -0.25) is 9.59 Å². The molecule has 0 saturated heterocycles. The average molecular weight is 260 g/mol. The largest absolute Gasteiger partial charge is 0.481 e. The maximum absolute atomic E-state index is 11.7. The van der Waals surface area contributed by atoms with Gasteiger partial charge in [-0.1, -0.05) is 23.4 Å². The number of nitrogens with one attached hydrogen (secondary N) is 1. The number of carbonyl (C=O) groups is 2. The second kappa shape index (κ2) is 5.76. The van der Waals surface area contributed by atoms with Gasteiger partial charge in [-0.15, -0.1) is 5.10 Å². The summed E-state index contributed by atoms with van der Waals surface area (Å²) in [4.78, 5) is 22.2. The minimum Gasteiger partial charge on any atom is -0.481 e. The summed E-state index contributed by atoms with van der Waals surface area (Å²) >= 11 is 0. The van der Waals surface area contributed by atoms with E-state index in [9.17, 15) is 9.59 Å². The summed E-state index contributed by atoms with van der Waals surface area (Å²) in [6.07, 6.45) is 1.24. The Morgan fingerprint density at radius 2 is 2.00 bits per heavy atom. The predicted molar refractivity (Wildman–Crippen MR) is 66.4 cm³/mol. The molecule has 0 radical (unpaired) electrons. The number of para-hydroxylation sites is 1. The number of benzene rings is 1. The Kier molecular flexibility index (Phi) is 3.87. The third kappa shape index (κ3) is 3.91. The Bertz CT molecular complexity index is 580. The van der Waals surface area contributed by atoms with Crippen LogP contribution in [-0.4, -0.2) is 32.0 Å². The quantitative estimate of drug-likeness (QED) is 0.818. The van der Waals surface area contributed by atoms with Crippen molar-refractivity contribution in [2.24, 2.45) is 0 Å². The molecule has 0 fully saturated rings. The maximum Gasteiger partial charge on any atom is 0.309 e. The molecule has 0 bridgehead atoms. The van der Waals surface area contributed by atoms with E-state index in [2.05, 4.69) is 15.6 Å². The second-order valence-corrected chi connectivity index (χ2v) is 3.89. The number of carbonyl (C=O) groups excluding carboxylic acids is 1. The number of carboxylic acids is 1. The Balaban J connectivity index is 1.92. The first-order valence-electron chi connectivity index (χ1n) is 5.59. The topological polar surface area (TPSA) is 97.1 Å². The first kappa shape index (κ1) is 12.7. The van der Waals surface area contributed by atoms with Gasteiger partial charge in [-0.2, -0.15) is 0 Å². The van der Waals surface area contributed by atoms with Gasteiger partial charge >= 0.3 is 5.97 Å². The molecule has 0 saturated carbocycles. The van der Waals surface area contributed by atoms with E-state index < -0.39 is 5.97 Å². The van der Waals surface area contributed by atoms with Gasteiger partial charge in [-0.25, -0.2) is 4.68 Å². The molecule has 0 spiro atoms. The van der Waals surface area contributed by atoms with E-state index in [0.717, 1.165) is 0 Å². The van der Waals surface area contributed by atoms with Crippen molar-refractivity contribution in [3.05, 3.63) is 42.2 Å². The fraction of sp³-hybridized carbons (Fsp3) is 0.167. The normalized spacial score (nSPS) is 10.1. The fourth-order valence-corrected chi connectivity index (χ4v) is 1.52. The van der Waals surface area contributed by atoms with Crippen LogP contribution in [0.15, 0.2) is 36.5 Å². The van der Waals surface area contributed by atoms with Gasteiger partial charge in [0.05, 0.1) is 12.1 Å². The minimum atomic E-state index is -0.985. The summed E-state index contributed by atoms with van der Waals surface area (Å²) in [6.45, 7) is -0.0124. The monoisotopic (exact) mass is 260 g/mol. The van der Waals surface area contributed by atoms with Crippen LogP contribution in [0.4, 0.5) is 5.69 Å². The van der Waals surface area contributed by atoms with Crippen molar-refractivity contribution in [3.63, 3.8) is 0 Å². The van der Waals surface area contributed by atoms with Gasteiger partial charge in [-0.05, 0) is 12.1 Å². The summed E-state index contributed by atoms with van der Waals surface area (Å²) < 4.78 is 1.30. The van der Waals surface area contributed by atoms with Crippen LogP contribution in [0.2, 0.25) is 0 Å². The molecule has 98 valence electrons. The van der Waals surface area contributed by atoms with Crippen molar-refractivity contribution < 1.29 is 14.7 Å². The molecular formula is C12H12N4O3. The van der Waals surface area contributed by atoms with E-state index in [1.165, 1.54) is 10.9 Å². The van der Waals surface area contributed by atoms with Crippen LogP contribution in [0, 0.1) is 0 Å². The zero-order valence-electron chi connectivity index (χ0n) is 9.98. The lowest BCUT2D eigenvalue weighted by atomic mass is 10.3. The standard InChI is InChI=1S/C12H12N4O3/c17-11(13-9-4-2-1-3-5-9)8-16-7-10(14-15-16)6-12(18)19/h1-5,7H,6,8H2,(H,13,17)(H,18,19). The van der Waals surface area contributed by atoms with Crippen molar-refractivity contribution in [2.75, 3.05) is 5.32 Å². The van der Waals surface area contributed by atoms with Gasteiger partial charge in [0.1, 0.15) is 6.54 Å². The van der Waals surface area contributed by atoms with Crippen molar-refractivity contribution in [3.8, 4) is 0 Å². The van der Waals surface area contributed by atoms with E-state index in [1.54, 1.807) is 12.1 Å². The Hall–Kier alpha value is -2.70. The highest BCUT2D eigenvalue weighted by molar-refractivity contribution is 5.90. The van der Waals surface area contributed by atoms with Crippen molar-refractivity contribution in [2.45, 2.75) is 13.0 Å². The number of aliphatic carboxylic acids is 1. The lowest BCUT2D eigenvalue weighted by Crippen LogP contribution is -2.19. The molecule has 2 N–H and O–H groups in total. The van der Waals surface area contributed by atoms with E-state index in [-0.39, 0.29) is 18.9 Å². The number of nitrogens with zero attached hydrogens (tertiary/aromatic N) is 3. The van der Waals surface area contributed by atoms with Crippen molar-refractivity contribution in [1.82, 2.24) is 15.0 Å². The lowest BCUT2D eigenvalue weighted by Gasteiger charge is -2.03. The molecule has 0 aliphatic carbocycles. The van der Waals surface area contributed by atoms with Gasteiger partial charge in [0.25, 0.3) is 0 Å². The molecule has 19 heavy (non-hydrogen) atoms. The predicted octanol–water partition coefficient (Wildman–Crippen LogP) is 0.544. The van der Waals surface area contributed by atoms with E-state index in [0.29, 0.717) is 11.4 Å². The zero-order chi connectivity index (χ0) is 13.7. The SMILES string of the molecule is O=C(O)Cc1cn(CC(=O)Nc2ccccc2)nn1. The molecule has 7 heteroatoms. The number of hydrogen-bond donors (Lipinski definition) is 2. The zero-order valence-corrected chi connectivity index (χ0v) is 9.98. The van der Waals surface area contributed by atoms with E-state index in [4.69, 9.17) is 5.11 Å². The summed E-state index contributed by atoms with van der Waals surface area (Å²) in [7, 11) is 0. The van der Waals surface area contributed by atoms with Crippen LogP contribution < -0.4 is 5.32 Å². The smallest absolute Gasteiger partial charge is 0.309 e. The molecule has 2 aromatic rings. The number of carboxylic acid groups (broad SMARTS) is 1. The number of anilines is 1. The summed E-state index contributed by atoms with van der Waals surface area (Å²) in [5, 5.41) is 18.7. The molecule has 1 heterocycles. The van der Waals surface area contributed by atoms with Gasteiger partial charge < -0.3 is 10.4 Å². The number of hydrogen-bond acceptors (Lipinski definition) is 4. The lowest BCUT2D eigenvalue weighted by molar-refractivity contribution is -0.136. The van der Waals surface area contributed by atoms with E-state index >= 15 is 0 Å². The molecule has 0 atom stereocenters. The molecule has 0 aliphatic rings. The Morgan fingerprint density at radius 3 is 2.68 bits per heavy atom. The third-order valence-corrected chi connectivity index (χ3v) is 2.28. The molecule has 0 unspecified atom stereocenters. The Labute approximate surface area is 108 Å². The number of amides is 1. The van der Waals surface area contributed by atoms with Gasteiger partial charge in [0, 0.05) is 11.9 Å². The second-order valence-electron chi connectivity index (χ2n) is 3.89. The summed E-state index contributed by atoms with van der Waals surface area (Å²) in [5.74, 6) is -1.24. The highest BCUT2D eigenvalue weighted by Crippen LogP contribution is 2.05. The van der Waals surface area contributed by atoms with Crippen LogP contribution in [0.5, 0.6) is 0 Å². The van der Waals surface area contributed by atoms with Crippen LogP contribution in [0.3, 0.4) is 0 Å². The highest BCUT2D eigenvalue weighted by Gasteiger charge is 2.08. The molecule has 2 rings (SSSR count). The number of aromatic nitrogens is 3. The number of rotatable bonds is 5. The molecule has 0 aliphatic heterocycles. The molecule has 1 aromatic carbocycles. The summed E-state index contributed by atoms with van der Waals surface area (Å²) in [5.41, 5.74) is 1.01. The summed E-state index contributed by atoms with van der Waals surface area (Å²) in [6, 6.07) is 9.03. The minimum absolute atomic E-state index is 0.0124. The third-order valence-electron chi connectivity index (χ3n) is 2.28. The van der Waals surface area contributed by atoms with Crippen molar-refractivity contribution >= 4 is 17.6 Å². The van der Waals surface area contributed by atoms with E-state index in [1.807, 2.05) is 18.2 Å². The molecule has 7 nitrogen and oxygen atoms in total. The average Bonchev–Trinajstić information content (AvgIpc) is 2.76. The van der Waals surface area contributed by atoms with Crippen LogP contribution in [-0.2, 0) is 22.6 Å². The molecule has 1 aromatic heterocycles. The fourth-order valence-electron chi connectivity index (χ4n) is 1.52. The van der Waals surface area contributed by atoms with Crippen LogP contribution in [0.1, 0.15) is 5.69 Å². The Morgan fingerprint density at radius 1 is 1.26 bits per heavy atom. The van der Waals surface area contributed by atoms with Crippen LogP contribution >= 0.6 is 0 Å². The van der Waals surface area contributed by atoms with Crippen LogP contribution in [0.25, 0.3) is 0 Å². The van der Waals surface area contributed by atoms with Gasteiger partial charge in [0.15, 0.2) is 0 Å². The first-order valence-corrected chi connectivity index (χ1v) is 5.59. The first-order chi connectivity index (χ1) is 9.13. The molecule has 1 amide bonds. The van der Waals surface area contributed by atoms with Gasteiger partial charge in [0.2, 0.25) is 5.91 Å². The molecular weight excluding hydrogens is 248 g/mol.